The van der Waals surface area contributed by atoms with Gasteiger partial charge in [0.2, 0.25) is 5.91 Å². The summed E-state index contributed by atoms with van der Waals surface area (Å²) < 4.78 is 0. The van der Waals surface area contributed by atoms with Gasteiger partial charge in [-0.15, -0.1) is 0 Å². The van der Waals surface area contributed by atoms with Crippen LogP contribution in [0.3, 0.4) is 0 Å². The molecule has 0 aliphatic carbocycles. The number of hydrogen-bond acceptors (Lipinski definition) is 3. The van der Waals surface area contributed by atoms with Crippen LogP contribution >= 0.6 is 0 Å². The summed E-state index contributed by atoms with van der Waals surface area (Å²) in [6, 6.07) is 0. The molecular weight excluding hydrogens is 214 g/mol. The van der Waals surface area contributed by atoms with E-state index in [0.717, 1.165) is 38.4 Å². The van der Waals surface area contributed by atoms with E-state index in [0.29, 0.717) is 18.9 Å². The topological polar surface area (TPSA) is 49.6 Å². The average molecular weight is 241 g/mol. The lowest BCUT2D eigenvalue weighted by atomic mass is 9.95. The first-order valence-electron chi connectivity index (χ1n) is 6.65. The molecule has 0 bridgehead atoms. The van der Waals surface area contributed by atoms with E-state index in [9.17, 15) is 4.79 Å². The Morgan fingerprint density at radius 1 is 1.41 bits per heavy atom. The first-order chi connectivity index (χ1) is 8.02. The van der Waals surface area contributed by atoms with E-state index in [4.69, 9.17) is 5.73 Å². The minimum absolute atomic E-state index is 0.284. The van der Waals surface area contributed by atoms with Crippen LogP contribution in [0.1, 0.15) is 26.2 Å². The lowest BCUT2D eigenvalue weighted by Gasteiger charge is -2.33. The number of nitrogens with zero attached hydrogens (tertiary/aromatic N) is 2. The first-order valence-corrected chi connectivity index (χ1v) is 6.65. The van der Waals surface area contributed by atoms with Crippen molar-refractivity contribution in [1.82, 2.24) is 9.80 Å². The standard InChI is InChI=1S/C13H27N3O/c1-11(9-14)8-13(17)16-6-4-12(5-7-16)10-15(2)3/h11-12H,4-10,14H2,1-3H3. The van der Waals surface area contributed by atoms with Crippen molar-refractivity contribution in [3.63, 3.8) is 0 Å². The normalized spacial score (nSPS) is 19.7. The zero-order chi connectivity index (χ0) is 12.8. The van der Waals surface area contributed by atoms with Gasteiger partial charge in [0.25, 0.3) is 0 Å². The van der Waals surface area contributed by atoms with E-state index in [-0.39, 0.29) is 5.91 Å². The second-order valence-electron chi connectivity index (χ2n) is 5.63. The molecule has 0 spiro atoms. The predicted molar refractivity (Wildman–Crippen MR) is 70.7 cm³/mol. The molecule has 100 valence electrons. The van der Waals surface area contributed by atoms with Crippen LogP contribution in [0.5, 0.6) is 0 Å². The second kappa shape index (κ2) is 6.97. The molecule has 4 heteroatoms. The van der Waals surface area contributed by atoms with Gasteiger partial charge >= 0.3 is 0 Å². The molecular formula is C13H27N3O. The Morgan fingerprint density at radius 2 is 2.00 bits per heavy atom. The summed E-state index contributed by atoms with van der Waals surface area (Å²) in [5.41, 5.74) is 5.55. The summed E-state index contributed by atoms with van der Waals surface area (Å²) in [7, 11) is 4.22. The van der Waals surface area contributed by atoms with Crippen LogP contribution in [0.15, 0.2) is 0 Å². The highest BCUT2D eigenvalue weighted by atomic mass is 16.2. The number of likely N-dealkylation sites (tertiary alicyclic amines) is 1. The fourth-order valence-electron chi connectivity index (χ4n) is 2.39. The zero-order valence-corrected chi connectivity index (χ0v) is 11.5. The van der Waals surface area contributed by atoms with Crippen LogP contribution in [0, 0.1) is 11.8 Å². The van der Waals surface area contributed by atoms with E-state index in [1.165, 1.54) is 0 Å². The van der Waals surface area contributed by atoms with E-state index >= 15 is 0 Å². The molecule has 1 unspecified atom stereocenters. The summed E-state index contributed by atoms with van der Waals surface area (Å²) in [4.78, 5) is 16.2. The molecule has 0 saturated carbocycles. The highest BCUT2D eigenvalue weighted by Gasteiger charge is 2.23. The fraction of sp³-hybridized carbons (Fsp3) is 0.923. The Morgan fingerprint density at radius 3 is 2.47 bits per heavy atom. The third kappa shape index (κ3) is 5.04. The Hall–Kier alpha value is -0.610. The van der Waals surface area contributed by atoms with Crippen molar-refractivity contribution in [3.05, 3.63) is 0 Å². The van der Waals surface area contributed by atoms with Crippen molar-refractivity contribution >= 4 is 5.91 Å². The Labute approximate surface area is 105 Å². The number of hydrogen-bond donors (Lipinski definition) is 1. The predicted octanol–water partition coefficient (Wildman–Crippen LogP) is 0.772. The average Bonchev–Trinajstić information content (AvgIpc) is 2.28. The lowest BCUT2D eigenvalue weighted by Crippen LogP contribution is -2.41. The summed E-state index contributed by atoms with van der Waals surface area (Å²) >= 11 is 0. The molecule has 1 aliphatic rings. The van der Waals surface area contributed by atoms with Gasteiger partial charge in [-0.3, -0.25) is 4.79 Å². The largest absolute Gasteiger partial charge is 0.343 e. The number of nitrogens with two attached hydrogens (primary N) is 1. The van der Waals surface area contributed by atoms with E-state index in [1.807, 2.05) is 11.8 Å². The van der Waals surface area contributed by atoms with Crippen molar-refractivity contribution in [2.45, 2.75) is 26.2 Å². The summed E-state index contributed by atoms with van der Waals surface area (Å²) in [6.07, 6.45) is 2.89. The monoisotopic (exact) mass is 241 g/mol. The number of rotatable bonds is 5. The van der Waals surface area contributed by atoms with Gasteiger partial charge in [0.1, 0.15) is 0 Å². The maximum absolute atomic E-state index is 12.0. The van der Waals surface area contributed by atoms with Crippen LogP contribution in [0.25, 0.3) is 0 Å². The van der Waals surface area contributed by atoms with Crippen molar-refractivity contribution in [3.8, 4) is 0 Å². The highest BCUT2D eigenvalue weighted by molar-refractivity contribution is 5.76. The van der Waals surface area contributed by atoms with Gasteiger partial charge in [-0.1, -0.05) is 6.92 Å². The maximum Gasteiger partial charge on any atom is 0.222 e. The van der Waals surface area contributed by atoms with Gasteiger partial charge < -0.3 is 15.5 Å². The molecule has 2 N–H and O–H groups in total. The van der Waals surface area contributed by atoms with E-state index in [1.54, 1.807) is 0 Å². The quantitative estimate of drug-likeness (QED) is 0.773. The molecule has 17 heavy (non-hydrogen) atoms. The van der Waals surface area contributed by atoms with Gasteiger partial charge in [-0.2, -0.15) is 0 Å². The van der Waals surface area contributed by atoms with Crippen LogP contribution in [0.2, 0.25) is 0 Å². The molecule has 1 fully saturated rings. The SMILES string of the molecule is CC(CN)CC(=O)N1CCC(CN(C)C)CC1. The molecule has 1 amide bonds. The van der Waals surface area contributed by atoms with Gasteiger partial charge in [0.05, 0.1) is 0 Å². The third-order valence-electron chi connectivity index (χ3n) is 3.52. The number of carbonyl (C=O) groups excluding carboxylic acids is 1. The van der Waals surface area contributed by atoms with Gasteiger partial charge in [0.15, 0.2) is 0 Å². The third-order valence-corrected chi connectivity index (χ3v) is 3.52. The molecule has 0 aromatic rings. The summed E-state index contributed by atoms with van der Waals surface area (Å²) in [5, 5.41) is 0. The minimum atomic E-state index is 0.284. The lowest BCUT2D eigenvalue weighted by molar-refractivity contribution is -0.133. The fourth-order valence-corrected chi connectivity index (χ4v) is 2.39. The smallest absolute Gasteiger partial charge is 0.222 e. The molecule has 1 rings (SSSR count). The Balaban J connectivity index is 2.28. The van der Waals surface area contributed by atoms with Crippen LogP contribution < -0.4 is 5.73 Å². The second-order valence-corrected chi connectivity index (χ2v) is 5.63. The molecule has 0 aromatic heterocycles. The molecule has 4 nitrogen and oxygen atoms in total. The maximum atomic E-state index is 12.0. The first kappa shape index (κ1) is 14.5. The molecule has 1 aliphatic heterocycles. The van der Waals surface area contributed by atoms with E-state index < -0.39 is 0 Å². The summed E-state index contributed by atoms with van der Waals surface area (Å²) in [6.45, 7) is 5.63. The van der Waals surface area contributed by atoms with E-state index in [2.05, 4.69) is 19.0 Å². The Kier molecular flexibility index (Phi) is 5.92. The van der Waals surface area contributed by atoms with Crippen molar-refractivity contribution in [2.24, 2.45) is 17.6 Å². The van der Waals surface area contributed by atoms with Crippen LogP contribution in [-0.4, -0.2) is 56.0 Å². The zero-order valence-electron chi connectivity index (χ0n) is 11.5. The summed E-state index contributed by atoms with van der Waals surface area (Å²) in [5.74, 6) is 1.34. The molecule has 1 atom stereocenters. The van der Waals surface area contributed by atoms with Crippen molar-refractivity contribution < 1.29 is 4.79 Å². The molecule has 0 radical (unpaired) electrons. The van der Waals surface area contributed by atoms with Gasteiger partial charge in [-0.05, 0) is 45.3 Å². The van der Waals surface area contributed by atoms with Crippen LogP contribution in [-0.2, 0) is 4.79 Å². The number of piperidine rings is 1. The highest BCUT2D eigenvalue weighted by Crippen LogP contribution is 2.19. The number of amides is 1. The van der Waals surface area contributed by atoms with Crippen molar-refractivity contribution in [2.75, 3.05) is 40.3 Å². The van der Waals surface area contributed by atoms with Crippen LogP contribution in [0.4, 0.5) is 0 Å². The van der Waals surface area contributed by atoms with Gasteiger partial charge in [-0.25, -0.2) is 0 Å². The van der Waals surface area contributed by atoms with Gasteiger partial charge in [0, 0.05) is 26.1 Å². The molecule has 0 aromatic carbocycles. The van der Waals surface area contributed by atoms with Crippen molar-refractivity contribution in [1.29, 1.82) is 0 Å². The minimum Gasteiger partial charge on any atom is -0.343 e. The Bertz CT molecular complexity index is 235. The molecule has 1 saturated heterocycles. The number of carbonyl (C=O) groups is 1. The molecule has 1 heterocycles.